The molecular formula is C30H31F2N4O6PS2. The molecule has 15 heteroatoms. The Labute approximate surface area is 265 Å². The van der Waals surface area contributed by atoms with E-state index in [2.05, 4.69) is 15.6 Å². The molecule has 0 saturated carbocycles. The van der Waals surface area contributed by atoms with Gasteiger partial charge in [-0.2, -0.15) is 8.78 Å². The average molecular weight is 677 g/mol. The normalized spacial score (nSPS) is 16.5. The first-order chi connectivity index (χ1) is 21.1. The minimum atomic E-state index is -5.77. The molecular weight excluding hydrogens is 645 g/mol. The van der Waals surface area contributed by atoms with Gasteiger partial charge in [0.15, 0.2) is 5.13 Å². The van der Waals surface area contributed by atoms with Crippen LogP contribution in [0.25, 0.3) is 20.5 Å². The molecule has 238 valence electrons. The van der Waals surface area contributed by atoms with Gasteiger partial charge in [-0.05, 0) is 47.4 Å². The second-order valence-corrected chi connectivity index (χ2v) is 15.6. The van der Waals surface area contributed by atoms with E-state index in [0.717, 1.165) is 33.9 Å². The molecule has 45 heavy (non-hydrogen) atoms. The summed E-state index contributed by atoms with van der Waals surface area (Å²) in [5.41, 5.74) is -5.05. The summed E-state index contributed by atoms with van der Waals surface area (Å²) in [7, 11) is -5.77. The van der Waals surface area contributed by atoms with Gasteiger partial charge in [0.25, 0.3) is 5.91 Å². The molecule has 2 atom stereocenters. The Morgan fingerprint density at radius 1 is 1.07 bits per heavy atom. The van der Waals surface area contributed by atoms with Crippen LogP contribution in [-0.4, -0.2) is 56.0 Å². The average Bonchev–Trinajstić information content (AvgIpc) is 3.74. The zero-order chi connectivity index (χ0) is 32.7. The molecule has 2 aromatic heterocycles. The topological polar surface area (TPSA) is 149 Å². The van der Waals surface area contributed by atoms with Gasteiger partial charge in [0.1, 0.15) is 12.1 Å². The lowest BCUT2D eigenvalue weighted by Crippen LogP contribution is -2.57. The summed E-state index contributed by atoms with van der Waals surface area (Å²) in [6.45, 7) is 5.67. The van der Waals surface area contributed by atoms with Crippen molar-refractivity contribution in [3.63, 3.8) is 0 Å². The molecule has 1 aliphatic rings. The second kappa shape index (κ2) is 12.3. The maximum atomic E-state index is 14.3. The van der Waals surface area contributed by atoms with Crippen molar-refractivity contribution in [1.82, 2.24) is 15.2 Å². The van der Waals surface area contributed by atoms with Gasteiger partial charge in [0, 0.05) is 23.0 Å². The van der Waals surface area contributed by atoms with E-state index in [1.165, 1.54) is 28.4 Å². The molecule has 4 aromatic rings. The number of fused-ring (bicyclic) bond motifs is 1. The van der Waals surface area contributed by atoms with Gasteiger partial charge in [-0.15, -0.1) is 11.3 Å². The Balaban J connectivity index is 1.31. The van der Waals surface area contributed by atoms with Crippen LogP contribution in [0, 0.1) is 5.41 Å². The minimum absolute atomic E-state index is 0.123. The van der Waals surface area contributed by atoms with Crippen LogP contribution in [-0.2, 0) is 19.8 Å². The van der Waals surface area contributed by atoms with Crippen LogP contribution in [0.5, 0.6) is 0 Å². The number of hydrogen-bond donors (Lipinski definition) is 4. The number of thiazole rings is 1. The van der Waals surface area contributed by atoms with E-state index in [1.54, 1.807) is 27.0 Å². The molecule has 1 saturated heterocycles. The molecule has 3 heterocycles. The van der Waals surface area contributed by atoms with Crippen LogP contribution < -0.4 is 10.6 Å². The van der Waals surface area contributed by atoms with E-state index in [9.17, 15) is 27.7 Å². The van der Waals surface area contributed by atoms with Crippen LogP contribution in [0.4, 0.5) is 13.9 Å². The molecule has 0 radical (unpaired) electrons. The first kappa shape index (κ1) is 32.8. The summed E-state index contributed by atoms with van der Waals surface area (Å²) in [6, 6.07) is 12.3. The molecule has 0 aliphatic carbocycles. The van der Waals surface area contributed by atoms with Crippen molar-refractivity contribution in [2.24, 2.45) is 5.41 Å². The Kier molecular flexibility index (Phi) is 9.00. The molecule has 0 spiro atoms. The second-order valence-electron chi connectivity index (χ2n) is 11.8. The monoisotopic (exact) mass is 676 g/mol. The van der Waals surface area contributed by atoms with E-state index in [1.807, 2.05) is 30.3 Å². The SMILES string of the molecule is CC(C)(C)C(NC(=O)c1cc2cc(C(F)(F)P(=O)(O)O)ccc2s1)C(=O)N1CCC[C@H]1C(=O)Nc1ncc(-c2ccccc2)s1. The number of nitrogens with one attached hydrogen (secondary N) is 2. The van der Waals surface area contributed by atoms with Gasteiger partial charge in [0.05, 0.1) is 9.75 Å². The van der Waals surface area contributed by atoms with Crippen molar-refractivity contribution < 1.29 is 37.5 Å². The molecule has 10 nitrogen and oxygen atoms in total. The number of carbonyl (C=O) groups is 3. The van der Waals surface area contributed by atoms with E-state index in [0.29, 0.717) is 29.2 Å². The lowest BCUT2D eigenvalue weighted by molar-refractivity contribution is -0.140. The molecule has 1 fully saturated rings. The fourth-order valence-electron chi connectivity index (χ4n) is 5.09. The van der Waals surface area contributed by atoms with Gasteiger partial charge in [0.2, 0.25) is 11.8 Å². The van der Waals surface area contributed by atoms with Crippen molar-refractivity contribution in [1.29, 1.82) is 0 Å². The number of alkyl halides is 2. The van der Waals surface area contributed by atoms with Gasteiger partial charge in [-0.3, -0.25) is 18.9 Å². The highest BCUT2D eigenvalue weighted by molar-refractivity contribution is 7.52. The first-order valence-electron chi connectivity index (χ1n) is 14.0. The highest BCUT2D eigenvalue weighted by Gasteiger charge is 2.50. The number of amides is 3. The molecule has 4 N–H and O–H groups in total. The van der Waals surface area contributed by atoms with Crippen molar-refractivity contribution in [2.45, 2.75) is 51.4 Å². The Morgan fingerprint density at radius 2 is 1.78 bits per heavy atom. The number of halogens is 2. The Bertz CT molecular complexity index is 1800. The summed E-state index contributed by atoms with van der Waals surface area (Å²) in [4.78, 5) is 65.6. The summed E-state index contributed by atoms with van der Waals surface area (Å²) >= 11 is 2.31. The standard InChI is InChI=1S/C30H31F2N4O6PS2/c1-29(2,3)24(34-26(38)22-15-18-14-19(11-12-21(18)44-22)30(31,32)43(40,41)42)27(39)36-13-7-10-20(36)25(37)35-28-33-16-23(45-28)17-8-5-4-6-9-17/h4-6,8-9,11-12,14-16,20,24H,7,10,13H2,1-3H3,(H,34,38)(H,33,35,37)(H2,40,41,42)/t20-,24?/m0/s1. The number of hydrogen-bond acceptors (Lipinski definition) is 7. The third-order valence-corrected chi connectivity index (χ3v) is 10.5. The van der Waals surface area contributed by atoms with E-state index >= 15 is 0 Å². The number of rotatable bonds is 8. The number of benzene rings is 2. The minimum Gasteiger partial charge on any atom is -0.339 e. The number of likely N-dealkylation sites (tertiary alicyclic amines) is 1. The van der Waals surface area contributed by atoms with Crippen LogP contribution in [0.1, 0.15) is 48.8 Å². The molecule has 5 rings (SSSR count). The third-order valence-electron chi connectivity index (χ3n) is 7.47. The zero-order valence-corrected chi connectivity index (χ0v) is 27.0. The number of nitrogens with zero attached hydrogens (tertiary/aromatic N) is 2. The van der Waals surface area contributed by atoms with Gasteiger partial charge in [-0.1, -0.05) is 68.5 Å². The summed E-state index contributed by atoms with van der Waals surface area (Å²) < 4.78 is 40.3. The lowest BCUT2D eigenvalue weighted by Gasteiger charge is -2.35. The van der Waals surface area contributed by atoms with E-state index in [-0.39, 0.29) is 16.2 Å². The van der Waals surface area contributed by atoms with E-state index < -0.39 is 48.1 Å². The van der Waals surface area contributed by atoms with Gasteiger partial charge in [-0.25, -0.2) is 4.98 Å². The Hall–Kier alpha value is -3.55. The van der Waals surface area contributed by atoms with Crippen LogP contribution in [0.3, 0.4) is 0 Å². The largest absolute Gasteiger partial charge is 0.399 e. The quantitative estimate of drug-likeness (QED) is 0.167. The number of aromatic nitrogens is 1. The number of carbonyl (C=O) groups excluding carboxylic acids is 3. The first-order valence-corrected chi connectivity index (χ1v) is 17.2. The summed E-state index contributed by atoms with van der Waals surface area (Å²) in [6.07, 6.45) is 2.72. The van der Waals surface area contributed by atoms with Crippen LogP contribution in [0.15, 0.2) is 60.8 Å². The predicted molar refractivity (Wildman–Crippen MR) is 169 cm³/mol. The predicted octanol–water partition coefficient (Wildman–Crippen LogP) is 6.03. The molecule has 0 bridgehead atoms. The number of anilines is 1. The molecule has 1 unspecified atom stereocenters. The van der Waals surface area contributed by atoms with Crippen molar-refractivity contribution >= 4 is 63.2 Å². The summed E-state index contributed by atoms with van der Waals surface area (Å²) in [5, 5.41) is 6.21. The fraction of sp³-hybridized carbons (Fsp3) is 0.333. The highest BCUT2D eigenvalue weighted by atomic mass is 32.1. The van der Waals surface area contributed by atoms with Crippen molar-refractivity contribution in [2.75, 3.05) is 11.9 Å². The summed E-state index contributed by atoms with van der Waals surface area (Å²) in [5.74, 6) is -1.42. The number of thiophene rings is 1. The third kappa shape index (κ3) is 6.85. The zero-order valence-electron chi connectivity index (χ0n) is 24.5. The highest BCUT2D eigenvalue weighted by Crippen LogP contribution is 2.59. The van der Waals surface area contributed by atoms with Crippen molar-refractivity contribution in [3.8, 4) is 10.4 Å². The van der Waals surface area contributed by atoms with Crippen molar-refractivity contribution in [3.05, 3.63) is 71.2 Å². The maximum Gasteiger partial charge on any atom is 0.399 e. The molecule has 1 aliphatic heterocycles. The fourth-order valence-corrected chi connectivity index (χ4v) is 7.33. The van der Waals surface area contributed by atoms with Gasteiger partial charge >= 0.3 is 13.3 Å². The Morgan fingerprint density at radius 3 is 2.44 bits per heavy atom. The van der Waals surface area contributed by atoms with E-state index in [4.69, 9.17) is 9.79 Å². The van der Waals surface area contributed by atoms with Crippen LogP contribution in [0.2, 0.25) is 0 Å². The lowest BCUT2D eigenvalue weighted by atomic mass is 9.85. The smallest absolute Gasteiger partial charge is 0.339 e. The van der Waals surface area contributed by atoms with Crippen LogP contribution >= 0.6 is 30.3 Å². The molecule has 3 amide bonds. The maximum absolute atomic E-state index is 14.3. The van der Waals surface area contributed by atoms with Gasteiger partial charge < -0.3 is 25.3 Å². The molecule has 2 aromatic carbocycles.